The molecule has 128 valence electrons. The van der Waals surface area contributed by atoms with Crippen LogP contribution in [0.5, 0.6) is 5.88 Å². The second-order valence-electron chi connectivity index (χ2n) is 6.10. The minimum atomic E-state index is 0.0595. The first kappa shape index (κ1) is 15.6. The maximum absolute atomic E-state index is 12.3. The van der Waals surface area contributed by atoms with Crippen LogP contribution >= 0.6 is 0 Å². The molecule has 0 unspecified atom stereocenters. The van der Waals surface area contributed by atoms with Crippen molar-refractivity contribution >= 4 is 16.9 Å². The number of aromatic nitrogens is 4. The van der Waals surface area contributed by atoms with Crippen LogP contribution in [0, 0.1) is 0 Å². The summed E-state index contributed by atoms with van der Waals surface area (Å²) in [5.41, 5.74) is 1.68. The number of nitrogens with zero attached hydrogens (tertiary/aromatic N) is 5. The number of rotatable bonds is 4. The molecule has 2 aromatic heterocycles. The number of carbonyl (C=O) groups excluding carboxylic acids is 1. The van der Waals surface area contributed by atoms with Gasteiger partial charge < -0.3 is 9.64 Å². The molecule has 0 aliphatic carbocycles. The molecule has 0 saturated carbocycles. The van der Waals surface area contributed by atoms with Crippen molar-refractivity contribution < 1.29 is 9.53 Å². The van der Waals surface area contributed by atoms with E-state index in [9.17, 15) is 4.79 Å². The number of amides is 1. The highest BCUT2D eigenvalue weighted by Gasteiger charge is 2.24. The number of fused-ring (bicyclic) bond motifs is 1. The van der Waals surface area contributed by atoms with Gasteiger partial charge in [-0.2, -0.15) is 5.10 Å². The average molecular weight is 337 g/mol. The highest BCUT2D eigenvalue weighted by molar-refractivity contribution is 5.76. The SMILES string of the molecule is O=C(Cn1cccn1)N1CCC(Oc2cnc3ccccc3n2)CC1. The molecule has 3 aromatic rings. The predicted molar refractivity (Wildman–Crippen MR) is 92.0 cm³/mol. The minimum Gasteiger partial charge on any atom is -0.473 e. The van der Waals surface area contributed by atoms with Gasteiger partial charge in [0.1, 0.15) is 12.6 Å². The summed E-state index contributed by atoms with van der Waals surface area (Å²) in [6.07, 6.45) is 6.78. The van der Waals surface area contributed by atoms with E-state index in [2.05, 4.69) is 15.1 Å². The molecule has 1 aromatic carbocycles. The van der Waals surface area contributed by atoms with Crippen molar-refractivity contribution in [3.63, 3.8) is 0 Å². The largest absolute Gasteiger partial charge is 0.473 e. The lowest BCUT2D eigenvalue weighted by Gasteiger charge is -2.31. The van der Waals surface area contributed by atoms with Crippen LogP contribution in [0.15, 0.2) is 48.9 Å². The van der Waals surface area contributed by atoms with Crippen LogP contribution in [0.4, 0.5) is 0 Å². The van der Waals surface area contributed by atoms with E-state index in [-0.39, 0.29) is 18.6 Å². The molecule has 1 aliphatic heterocycles. The van der Waals surface area contributed by atoms with Crippen molar-refractivity contribution in [2.45, 2.75) is 25.5 Å². The van der Waals surface area contributed by atoms with Gasteiger partial charge in [-0.25, -0.2) is 9.97 Å². The molecule has 1 saturated heterocycles. The summed E-state index contributed by atoms with van der Waals surface area (Å²) < 4.78 is 7.62. The highest BCUT2D eigenvalue weighted by Crippen LogP contribution is 2.19. The van der Waals surface area contributed by atoms with Crippen molar-refractivity contribution in [2.24, 2.45) is 0 Å². The lowest BCUT2D eigenvalue weighted by atomic mass is 10.1. The molecule has 25 heavy (non-hydrogen) atoms. The van der Waals surface area contributed by atoms with E-state index >= 15 is 0 Å². The third-order valence-corrected chi connectivity index (χ3v) is 4.37. The molecule has 3 heterocycles. The zero-order valence-electron chi connectivity index (χ0n) is 13.8. The fraction of sp³-hybridized carbons (Fsp3) is 0.333. The Balaban J connectivity index is 1.32. The topological polar surface area (TPSA) is 73.1 Å². The van der Waals surface area contributed by atoms with Gasteiger partial charge in [-0.05, 0) is 18.2 Å². The summed E-state index contributed by atoms with van der Waals surface area (Å²) in [7, 11) is 0. The monoisotopic (exact) mass is 337 g/mol. The van der Waals surface area contributed by atoms with E-state index in [1.807, 2.05) is 35.2 Å². The van der Waals surface area contributed by atoms with Gasteiger partial charge in [0.25, 0.3) is 0 Å². The molecule has 0 spiro atoms. The van der Waals surface area contributed by atoms with E-state index in [0.29, 0.717) is 19.0 Å². The van der Waals surface area contributed by atoms with Crippen molar-refractivity contribution in [1.29, 1.82) is 0 Å². The average Bonchev–Trinajstić information content (AvgIpc) is 3.15. The number of piperidine rings is 1. The van der Waals surface area contributed by atoms with Crippen LogP contribution in [0.2, 0.25) is 0 Å². The van der Waals surface area contributed by atoms with Crippen LogP contribution < -0.4 is 4.74 Å². The Kier molecular flexibility index (Phi) is 4.28. The van der Waals surface area contributed by atoms with Gasteiger partial charge in [-0.3, -0.25) is 9.48 Å². The summed E-state index contributed by atoms with van der Waals surface area (Å²) in [6, 6.07) is 9.54. The number of benzene rings is 1. The molecule has 0 radical (unpaired) electrons. The van der Waals surface area contributed by atoms with Gasteiger partial charge in [0.15, 0.2) is 0 Å². The van der Waals surface area contributed by atoms with Gasteiger partial charge in [0, 0.05) is 38.3 Å². The van der Waals surface area contributed by atoms with Crippen LogP contribution in [0.3, 0.4) is 0 Å². The van der Waals surface area contributed by atoms with Crippen LogP contribution in [-0.4, -0.2) is 49.7 Å². The maximum Gasteiger partial charge on any atom is 0.244 e. The number of likely N-dealkylation sites (tertiary alicyclic amines) is 1. The molecular formula is C18H19N5O2. The Hall–Kier alpha value is -2.96. The Morgan fingerprint density at radius 2 is 1.96 bits per heavy atom. The fourth-order valence-corrected chi connectivity index (χ4v) is 3.02. The van der Waals surface area contributed by atoms with Gasteiger partial charge in [0.05, 0.1) is 17.2 Å². The van der Waals surface area contributed by atoms with Crippen molar-refractivity contribution in [3.05, 3.63) is 48.9 Å². The third kappa shape index (κ3) is 3.60. The quantitative estimate of drug-likeness (QED) is 0.727. The Labute approximate surface area is 145 Å². The predicted octanol–water partition coefficient (Wildman–Crippen LogP) is 1.90. The smallest absolute Gasteiger partial charge is 0.244 e. The van der Waals surface area contributed by atoms with Crippen molar-refractivity contribution in [3.8, 4) is 5.88 Å². The first-order valence-electron chi connectivity index (χ1n) is 8.41. The summed E-state index contributed by atoms with van der Waals surface area (Å²) >= 11 is 0. The maximum atomic E-state index is 12.3. The molecule has 1 aliphatic rings. The molecular weight excluding hydrogens is 318 g/mol. The first-order chi connectivity index (χ1) is 12.3. The van der Waals surface area contributed by atoms with Gasteiger partial charge in [0.2, 0.25) is 11.8 Å². The Morgan fingerprint density at radius 1 is 1.16 bits per heavy atom. The normalized spacial score (nSPS) is 15.4. The molecule has 0 bridgehead atoms. The second kappa shape index (κ2) is 6.88. The third-order valence-electron chi connectivity index (χ3n) is 4.37. The number of hydrogen-bond donors (Lipinski definition) is 0. The Bertz CT molecular complexity index is 857. The fourth-order valence-electron chi connectivity index (χ4n) is 3.02. The molecule has 4 rings (SSSR count). The zero-order chi connectivity index (χ0) is 17.1. The summed E-state index contributed by atoms with van der Waals surface area (Å²) in [5.74, 6) is 0.632. The van der Waals surface area contributed by atoms with Gasteiger partial charge in [-0.15, -0.1) is 0 Å². The number of ether oxygens (including phenoxy) is 1. The van der Waals surface area contributed by atoms with Crippen LogP contribution in [0.25, 0.3) is 11.0 Å². The summed E-state index contributed by atoms with van der Waals surface area (Å²) in [4.78, 5) is 23.0. The summed E-state index contributed by atoms with van der Waals surface area (Å²) in [6.45, 7) is 1.66. The van der Waals surface area contributed by atoms with E-state index in [1.54, 1.807) is 23.3 Å². The van der Waals surface area contributed by atoms with Crippen molar-refractivity contribution in [1.82, 2.24) is 24.6 Å². The summed E-state index contributed by atoms with van der Waals surface area (Å²) in [5, 5.41) is 4.08. The van der Waals surface area contributed by atoms with Crippen molar-refractivity contribution in [2.75, 3.05) is 13.1 Å². The minimum absolute atomic E-state index is 0.0595. The molecule has 0 N–H and O–H groups in total. The highest BCUT2D eigenvalue weighted by atomic mass is 16.5. The van der Waals surface area contributed by atoms with Crippen LogP contribution in [0.1, 0.15) is 12.8 Å². The lowest BCUT2D eigenvalue weighted by Crippen LogP contribution is -2.43. The van der Waals surface area contributed by atoms with Gasteiger partial charge >= 0.3 is 0 Å². The van der Waals surface area contributed by atoms with Crippen LogP contribution in [-0.2, 0) is 11.3 Å². The molecule has 1 fully saturated rings. The molecule has 7 heteroatoms. The zero-order valence-corrected chi connectivity index (χ0v) is 13.8. The van der Waals surface area contributed by atoms with E-state index < -0.39 is 0 Å². The number of carbonyl (C=O) groups is 1. The second-order valence-corrected chi connectivity index (χ2v) is 6.10. The van der Waals surface area contributed by atoms with E-state index in [1.165, 1.54) is 0 Å². The number of hydrogen-bond acceptors (Lipinski definition) is 5. The van der Waals surface area contributed by atoms with Gasteiger partial charge in [-0.1, -0.05) is 12.1 Å². The molecule has 1 amide bonds. The van der Waals surface area contributed by atoms with E-state index in [4.69, 9.17) is 4.74 Å². The Morgan fingerprint density at radius 3 is 2.72 bits per heavy atom. The molecule has 7 nitrogen and oxygen atoms in total. The molecule has 0 atom stereocenters. The van der Waals surface area contributed by atoms with E-state index in [0.717, 1.165) is 23.9 Å². The number of para-hydroxylation sites is 2. The first-order valence-corrected chi connectivity index (χ1v) is 8.41. The lowest BCUT2D eigenvalue weighted by molar-refractivity contribution is -0.133. The standard InChI is InChI=1S/C18H19N5O2/c24-18(13-23-9-3-8-20-23)22-10-6-14(7-11-22)25-17-12-19-15-4-1-2-5-16(15)21-17/h1-5,8-9,12,14H,6-7,10-11,13H2.